The molecule has 8 heteroatoms. The maximum absolute atomic E-state index is 13.0. The fraction of sp³-hybridized carbons (Fsp3) is 0.476. The Balaban J connectivity index is 1.48. The predicted molar refractivity (Wildman–Crippen MR) is 120 cm³/mol. The first-order valence-corrected chi connectivity index (χ1v) is 11.1. The molecule has 1 amide bonds. The van der Waals surface area contributed by atoms with E-state index in [-0.39, 0.29) is 18.1 Å². The molecule has 2 aromatic rings. The Bertz CT molecular complexity index is 903. The Morgan fingerprint density at radius 3 is 2.97 bits per heavy atom. The van der Waals surface area contributed by atoms with Gasteiger partial charge in [0.2, 0.25) is 0 Å². The lowest BCUT2D eigenvalue weighted by atomic mass is 10.1. The molecule has 1 aromatic heterocycles. The molecule has 0 aliphatic carbocycles. The summed E-state index contributed by atoms with van der Waals surface area (Å²) in [7, 11) is 3.80. The van der Waals surface area contributed by atoms with Crippen molar-refractivity contribution in [3.05, 3.63) is 44.6 Å². The summed E-state index contributed by atoms with van der Waals surface area (Å²) in [6.07, 6.45) is 0.821. The maximum Gasteiger partial charge on any atom is 0.261 e. The van der Waals surface area contributed by atoms with Crippen molar-refractivity contribution in [1.82, 2.24) is 10.2 Å². The molecule has 0 saturated carbocycles. The van der Waals surface area contributed by atoms with E-state index < -0.39 is 0 Å². The second-order valence-corrected chi connectivity index (χ2v) is 9.43. The molecule has 1 aromatic carbocycles. The minimum absolute atomic E-state index is 0.0525. The van der Waals surface area contributed by atoms with Gasteiger partial charge in [0.15, 0.2) is 0 Å². The number of hydrogen-bond donors (Lipinski definition) is 3. The van der Waals surface area contributed by atoms with E-state index >= 15 is 0 Å². The second-order valence-electron chi connectivity index (χ2n) is 7.90. The third-order valence-corrected chi connectivity index (χ3v) is 7.17. The summed E-state index contributed by atoms with van der Waals surface area (Å²) in [6, 6.07) is 7.50. The number of fused-ring (bicyclic) bond motifs is 2. The average Bonchev–Trinajstić information content (AvgIpc) is 3.27. The van der Waals surface area contributed by atoms with Crippen molar-refractivity contribution in [3.8, 4) is 0 Å². The van der Waals surface area contributed by atoms with Crippen LogP contribution in [0.25, 0.3) is 0 Å². The van der Waals surface area contributed by atoms with E-state index in [4.69, 9.17) is 16.3 Å². The molecule has 0 radical (unpaired) electrons. The van der Waals surface area contributed by atoms with Crippen molar-refractivity contribution in [1.29, 1.82) is 0 Å². The number of anilines is 2. The molecular weight excluding hydrogens is 408 g/mol. The van der Waals surface area contributed by atoms with E-state index in [0.29, 0.717) is 17.5 Å². The normalized spacial score (nSPS) is 22.1. The SMILES string of the molecule is COC[C@H](NC(=O)c1cc2c(s1)C(C)CN(C)CC2)C1Nc2ccc(Cl)cc2N1. The first-order chi connectivity index (χ1) is 13.9. The Morgan fingerprint density at radius 1 is 1.38 bits per heavy atom. The van der Waals surface area contributed by atoms with Gasteiger partial charge in [-0.3, -0.25) is 4.79 Å². The van der Waals surface area contributed by atoms with E-state index in [2.05, 4.69) is 40.9 Å². The molecule has 3 atom stereocenters. The highest BCUT2D eigenvalue weighted by molar-refractivity contribution is 7.14. The summed E-state index contributed by atoms with van der Waals surface area (Å²) < 4.78 is 5.38. The molecular formula is C21H27ClN4O2S. The molecule has 0 fully saturated rings. The van der Waals surface area contributed by atoms with Crippen LogP contribution < -0.4 is 16.0 Å². The number of carbonyl (C=O) groups excluding carboxylic acids is 1. The number of halogens is 1. The quantitative estimate of drug-likeness (QED) is 0.671. The summed E-state index contributed by atoms with van der Waals surface area (Å²) in [5.74, 6) is 0.388. The largest absolute Gasteiger partial charge is 0.382 e. The minimum atomic E-state index is -0.232. The summed E-state index contributed by atoms with van der Waals surface area (Å²) in [4.78, 5) is 17.5. The first-order valence-electron chi connectivity index (χ1n) is 9.88. The van der Waals surface area contributed by atoms with E-state index in [9.17, 15) is 4.79 Å². The molecule has 0 spiro atoms. The van der Waals surface area contributed by atoms with Crippen LogP contribution in [0.5, 0.6) is 0 Å². The van der Waals surface area contributed by atoms with Crippen LogP contribution in [0.3, 0.4) is 0 Å². The molecule has 0 bridgehead atoms. The van der Waals surface area contributed by atoms with Crippen LogP contribution >= 0.6 is 22.9 Å². The van der Waals surface area contributed by atoms with Gasteiger partial charge in [0.05, 0.1) is 28.9 Å². The molecule has 6 nitrogen and oxygen atoms in total. The summed E-state index contributed by atoms with van der Waals surface area (Å²) >= 11 is 7.72. The predicted octanol–water partition coefficient (Wildman–Crippen LogP) is 3.60. The summed E-state index contributed by atoms with van der Waals surface area (Å²) in [5.41, 5.74) is 3.20. The van der Waals surface area contributed by atoms with Crippen molar-refractivity contribution in [2.75, 3.05) is 44.5 Å². The lowest BCUT2D eigenvalue weighted by Gasteiger charge is -2.25. The van der Waals surface area contributed by atoms with Crippen molar-refractivity contribution in [2.45, 2.75) is 31.5 Å². The molecule has 2 aliphatic heterocycles. The number of ether oxygens (including phenoxy) is 1. The zero-order valence-corrected chi connectivity index (χ0v) is 18.5. The number of carbonyl (C=O) groups is 1. The van der Waals surface area contributed by atoms with Gasteiger partial charge in [0.1, 0.15) is 6.17 Å². The van der Waals surface area contributed by atoms with E-state index in [1.165, 1.54) is 10.4 Å². The van der Waals surface area contributed by atoms with Gasteiger partial charge in [-0.1, -0.05) is 18.5 Å². The smallest absolute Gasteiger partial charge is 0.261 e. The highest BCUT2D eigenvalue weighted by Crippen LogP contribution is 2.34. The highest BCUT2D eigenvalue weighted by atomic mass is 35.5. The van der Waals surface area contributed by atoms with Crippen LogP contribution in [0.2, 0.25) is 5.02 Å². The van der Waals surface area contributed by atoms with Crippen molar-refractivity contribution < 1.29 is 9.53 Å². The van der Waals surface area contributed by atoms with Gasteiger partial charge in [-0.25, -0.2) is 0 Å². The van der Waals surface area contributed by atoms with Crippen LogP contribution in [0, 0.1) is 0 Å². The van der Waals surface area contributed by atoms with Gasteiger partial charge >= 0.3 is 0 Å². The number of methoxy groups -OCH3 is 1. The summed E-state index contributed by atoms with van der Waals surface area (Å²) in [6.45, 7) is 4.68. The van der Waals surface area contributed by atoms with Gasteiger partial charge in [-0.2, -0.15) is 0 Å². The van der Waals surface area contributed by atoms with Gasteiger partial charge in [0.25, 0.3) is 5.91 Å². The van der Waals surface area contributed by atoms with Crippen molar-refractivity contribution >= 4 is 40.2 Å². The molecule has 0 saturated heterocycles. The average molecular weight is 435 g/mol. The number of hydrogen-bond acceptors (Lipinski definition) is 6. The van der Waals surface area contributed by atoms with Gasteiger partial charge in [-0.15, -0.1) is 11.3 Å². The lowest BCUT2D eigenvalue weighted by Crippen LogP contribution is -2.51. The molecule has 2 unspecified atom stereocenters. The van der Waals surface area contributed by atoms with Crippen LogP contribution in [-0.2, 0) is 11.2 Å². The third-order valence-electron chi connectivity index (χ3n) is 5.53. The molecule has 3 N–H and O–H groups in total. The van der Waals surface area contributed by atoms with Crippen LogP contribution in [0.4, 0.5) is 11.4 Å². The van der Waals surface area contributed by atoms with E-state index in [1.54, 1.807) is 18.4 Å². The standard InChI is InChI=1S/C21H27ClN4O2S/c1-12-10-26(2)7-6-13-8-18(29-19(12)13)21(27)25-17(11-28-3)20-23-15-5-4-14(22)9-16(15)24-20/h4-5,8-9,12,17,20,23-24H,6-7,10-11H2,1-3H3,(H,25,27)/t12?,17-,20?/m0/s1. The number of thiophene rings is 1. The fourth-order valence-corrected chi connectivity index (χ4v) is 5.42. The topological polar surface area (TPSA) is 65.6 Å². The zero-order chi connectivity index (χ0) is 20.5. The number of rotatable bonds is 5. The lowest BCUT2D eigenvalue weighted by molar-refractivity contribution is 0.0894. The van der Waals surface area contributed by atoms with Crippen LogP contribution in [-0.4, -0.2) is 56.9 Å². The molecule has 4 rings (SSSR count). The van der Waals surface area contributed by atoms with Gasteiger partial charge in [0, 0.05) is 36.0 Å². The highest BCUT2D eigenvalue weighted by Gasteiger charge is 2.30. The second kappa shape index (κ2) is 8.52. The number of nitrogens with one attached hydrogen (secondary N) is 3. The van der Waals surface area contributed by atoms with Crippen molar-refractivity contribution in [3.63, 3.8) is 0 Å². The Hall–Kier alpha value is -1.80. The van der Waals surface area contributed by atoms with Gasteiger partial charge < -0.3 is 25.6 Å². The Kier molecular flexibility index (Phi) is 6.01. The first kappa shape index (κ1) is 20.5. The van der Waals surface area contributed by atoms with Gasteiger partial charge in [-0.05, 0) is 43.3 Å². The van der Waals surface area contributed by atoms with E-state index in [0.717, 1.165) is 35.8 Å². The van der Waals surface area contributed by atoms with Crippen molar-refractivity contribution in [2.24, 2.45) is 0 Å². The minimum Gasteiger partial charge on any atom is -0.382 e. The molecule has 156 valence electrons. The third kappa shape index (κ3) is 4.38. The van der Waals surface area contributed by atoms with E-state index in [1.807, 2.05) is 18.2 Å². The monoisotopic (exact) mass is 434 g/mol. The molecule has 29 heavy (non-hydrogen) atoms. The van der Waals surface area contributed by atoms with Crippen LogP contribution in [0.15, 0.2) is 24.3 Å². The Morgan fingerprint density at radius 2 is 2.17 bits per heavy atom. The maximum atomic E-state index is 13.0. The molecule has 2 aliphatic rings. The fourth-order valence-electron chi connectivity index (χ4n) is 4.09. The number of likely N-dealkylation sites (N-methyl/N-ethyl adjacent to an activating group) is 1. The van der Waals surface area contributed by atoms with Crippen LogP contribution in [0.1, 0.15) is 33.0 Å². The summed E-state index contributed by atoms with van der Waals surface area (Å²) in [5, 5.41) is 10.6. The Labute approximate surface area is 180 Å². The number of benzene rings is 1. The zero-order valence-electron chi connectivity index (χ0n) is 16.9. The molecule has 3 heterocycles. The number of amides is 1. The number of nitrogens with zero attached hydrogens (tertiary/aromatic N) is 1.